The summed E-state index contributed by atoms with van der Waals surface area (Å²) in [6, 6.07) is 1.28. The number of aryl methyl sites for hydroxylation is 2. The minimum atomic E-state index is -4.67. The van der Waals surface area contributed by atoms with E-state index in [4.69, 9.17) is 9.52 Å². The molecule has 106 valence electrons. The molecule has 0 spiro atoms. The standard InChI is InChI=1S/C11H12F3NO4/c1-6-3-8(7(2)19-6)10(18)15(4-9(16)17)5-11(12,13)14/h3H,4-5H2,1-2H3,(H,16,17). The smallest absolute Gasteiger partial charge is 0.406 e. The van der Waals surface area contributed by atoms with E-state index in [0.717, 1.165) is 0 Å². The minimum absolute atomic E-state index is 0.0667. The van der Waals surface area contributed by atoms with Crippen molar-refractivity contribution < 1.29 is 32.3 Å². The summed E-state index contributed by atoms with van der Waals surface area (Å²) >= 11 is 0. The Morgan fingerprint density at radius 3 is 2.32 bits per heavy atom. The van der Waals surface area contributed by atoms with Crippen LogP contribution in [0, 0.1) is 13.8 Å². The van der Waals surface area contributed by atoms with Gasteiger partial charge in [0.1, 0.15) is 24.6 Å². The van der Waals surface area contributed by atoms with Crippen molar-refractivity contribution in [1.29, 1.82) is 0 Å². The summed E-state index contributed by atoms with van der Waals surface area (Å²) in [5, 5.41) is 8.57. The highest BCUT2D eigenvalue weighted by atomic mass is 19.4. The summed E-state index contributed by atoms with van der Waals surface area (Å²) in [4.78, 5) is 22.7. The molecule has 0 saturated heterocycles. The largest absolute Gasteiger partial charge is 0.480 e. The quantitative estimate of drug-likeness (QED) is 0.914. The first-order valence-electron chi connectivity index (χ1n) is 5.25. The summed E-state index contributed by atoms with van der Waals surface area (Å²) < 4.78 is 42.0. The van der Waals surface area contributed by atoms with Gasteiger partial charge in [0.15, 0.2) is 0 Å². The maximum Gasteiger partial charge on any atom is 0.406 e. The van der Waals surface area contributed by atoms with Crippen LogP contribution in [0.2, 0.25) is 0 Å². The molecule has 5 nitrogen and oxygen atoms in total. The Morgan fingerprint density at radius 2 is 1.95 bits per heavy atom. The molecule has 0 unspecified atom stereocenters. The second-order valence-corrected chi connectivity index (χ2v) is 4.00. The van der Waals surface area contributed by atoms with E-state index in [-0.39, 0.29) is 16.2 Å². The average Bonchev–Trinajstić information content (AvgIpc) is 2.53. The summed E-state index contributed by atoms with van der Waals surface area (Å²) in [6.45, 7) is 0.311. The molecular weight excluding hydrogens is 267 g/mol. The average molecular weight is 279 g/mol. The van der Waals surface area contributed by atoms with Gasteiger partial charge in [0, 0.05) is 0 Å². The molecule has 1 heterocycles. The highest BCUT2D eigenvalue weighted by Gasteiger charge is 2.35. The van der Waals surface area contributed by atoms with Crippen molar-refractivity contribution in [3.8, 4) is 0 Å². The van der Waals surface area contributed by atoms with Gasteiger partial charge in [0.05, 0.1) is 5.56 Å². The predicted octanol–water partition coefficient (Wildman–Crippen LogP) is 1.99. The van der Waals surface area contributed by atoms with Crippen molar-refractivity contribution in [2.24, 2.45) is 0 Å². The normalized spacial score (nSPS) is 11.4. The monoisotopic (exact) mass is 279 g/mol. The lowest BCUT2D eigenvalue weighted by atomic mass is 10.2. The van der Waals surface area contributed by atoms with Crippen molar-refractivity contribution in [1.82, 2.24) is 4.90 Å². The van der Waals surface area contributed by atoms with Crippen LogP contribution in [0.25, 0.3) is 0 Å². The van der Waals surface area contributed by atoms with Gasteiger partial charge in [-0.1, -0.05) is 0 Å². The second kappa shape index (κ2) is 5.33. The number of alkyl halides is 3. The molecule has 1 rings (SSSR count). The summed E-state index contributed by atoms with van der Waals surface area (Å²) in [5.74, 6) is -2.02. The molecule has 0 bridgehead atoms. The fourth-order valence-electron chi connectivity index (χ4n) is 1.59. The third kappa shape index (κ3) is 4.31. The van der Waals surface area contributed by atoms with Gasteiger partial charge >= 0.3 is 12.1 Å². The minimum Gasteiger partial charge on any atom is -0.480 e. The molecule has 0 fully saturated rings. The Hall–Kier alpha value is -1.99. The summed E-state index contributed by atoms with van der Waals surface area (Å²) in [6.07, 6.45) is -4.67. The summed E-state index contributed by atoms with van der Waals surface area (Å²) in [5.41, 5.74) is -0.0667. The van der Waals surface area contributed by atoms with Crippen molar-refractivity contribution in [2.45, 2.75) is 20.0 Å². The molecular formula is C11H12F3NO4. The Bertz CT molecular complexity index is 493. The molecule has 1 aromatic heterocycles. The number of hydrogen-bond acceptors (Lipinski definition) is 3. The van der Waals surface area contributed by atoms with Crippen LogP contribution in [0.15, 0.2) is 10.5 Å². The van der Waals surface area contributed by atoms with E-state index in [9.17, 15) is 22.8 Å². The van der Waals surface area contributed by atoms with E-state index in [1.807, 2.05) is 0 Å². The molecule has 1 aromatic rings. The molecule has 0 atom stereocenters. The van der Waals surface area contributed by atoms with E-state index < -0.39 is 31.1 Å². The van der Waals surface area contributed by atoms with Gasteiger partial charge in [-0.05, 0) is 19.9 Å². The molecule has 19 heavy (non-hydrogen) atoms. The molecule has 0 aliphatic carbocycles. The number of carboxylic acids is 1. The van der Waals surface area contributed by atoms with Gasteiger partial charge in [0.25, 0.3) is 5.91 Å². The first-order valence-corrected chi connectivity index (χ1v) is 5.25. The predicted molar refractivity (Wildman–Crippen MR) is 57.8 cm³/mol. The molecule has 1 amide bonds. The number of halogens is 3. The number of carboxylic acid groups (broad SMARTS) is 1. The Labute approximate surface area is 106 Å². The number of furan rings is 1. The van der Waals surface area contributed by atoms with Gasteiger partial charge in [-0.3, -0.25) is 9.59 Å². The fourth-order valence-corrected chi connectivity index (χ4v) is 1.59. The molecule has 0 aromatic carbocycles. The fraction of sp³-hybridized carbons (Fsp3) is 0.455. The Kier molecular flexibility index (Phi) is 4.23. The highest BCUT2D eigenvalue weighted by Crippen LogP contribution is 2.20. The third-order valence-corrected chi connectivity index (χ3v) is 2.25. The molecule has 0 radical (unpaired) electrons. The van der Waals surface area contributed by atoms with Crippen LogP contribution in [0.5, 0.6) is 0 Å². The first-order chi connectivity index (χ1) is 8.60. The number of carbonyl (C=O) groups is 2. The van der Waals surface area contributed by atoms with Crippen molar-refractivity contribution in [3.63, 3.8) is 0 Å². The van der Waals surface area contributed by atoms with Gasteiger partial charge in [0.2, 0.25) is 0 Å². The maximum absolute atomic E-state index is 12.3. The van der Waals surface area contributed by atoms with E-state index in [2.05, 4.69) is 0 Å². The Balaban J connectivity index is 3.00. The van der Waals surface area contributed by atoms with Crippen LogP contribution >= 0.6 is 0 Å². The van der Waals surface area contributed by atoms with E-state index in [1.165, 1.54) is 19.9 Å². The highest BCUT2D eigenvalue weighted by molar-refractivity contribution is 5.96. The number of amides is 1. The van der Waals surface area contributed by atoms with Crippen molar-refractivity contribution >= 4 is 11.9 Å². The number of aliphatic carboxylic acids is 1. The number of hydrogen-bond donors (Lipinski definition) is 1. The second-order valence-electron chi connectivity index (χ2n) is 4.00. The maximum atomic E-state index is 12.3. The molecule has 8 heteroatoms. The third-order valence-electron chi connectivity index (χ3n) is 2.25. The summed E-state index contributed by atoms with van der Waals surface area (Å²) in [7, 11) is 0. The van der Waals surface area contributed by atoms with Crippen LogP contribution in [0.4, 0.5) is 13.2 Å². The number of carbonyl (C=O) groups excluding carboxylic acids is 1. The lowest BCUT2D eigenvalue weighted by Crippen LogP contribution is -2.42. The topological polar surface area (TPSA) is 70.8 Å². The zero-order valence-electron chi connectivity index (χ0n) is 10.2. The Morgan fingerprint density at radius 1 is 1.37 bits per heavy atom. The van der Waals surface area contributed by atoms with Crippen LogP contribution in [0.3, 0.4) is 0 Å². The van der Waals surface area contributed by atoms with Crippen molar-refractivity contribution in [2.75, 3.05) is 13.1 Å². The van der Waals surface area contributed by atoms with Gasteiger partial charge in [-0.15, -0.1) is 0 Å². The molecule has 0 saturated carbocycles. The SMILES string of the molecule is Cc1cc(C(=O)N(CC(=O)O)CC(F)(F)F)c(C)o1. The van der Waals surface area contributed by atoms with Crippen molar-refractivity contribution in [3.05, 3.63) is 23.2 Å². The number of nitrogens with zero attached hydrogens (tertiary/aromatic N) is 1. The molecule has 1 N–H and O–H groups in total. The molecule has 0 aliphatic rings. The molecule has 0 aliphatic heterocycles. The van der Waals surface area contributed by atoms with Gasteiger partial charge in [-0.25, -0.2) is 0 Å². The van der Waals surface area contributed by atoms with Gasteiger partial charge in [-0.2, -0.15) is 13.2 Å². The van der Waals surface area contributed by atoms with Crippen LogP contribution < -0.4 is 0 Å². The van der Waals surface area contributed by atoms with Gasteiger partial charge < -0.3 is 14.4 Å². The lowest BCUT2D eigenvalue weighted by molar-refractivity contribution is -0.149. The zero-order chi connectivity index (χ0) is 14.8. The van der Waals surface area contributed by atoms with E-state index >= 15 is 0 Å². The van der Waals surface area contributed by atoms with Crippen LogP contribution in [-0.2, 0) is 4.79 Å². The van der Waals surface area contributed by atoms with Crippen LogP contribution in [-0.4, -0.2) is 41.1 Å². The first kappa shape index (κ1) is 15.1. The van der Waals surface area contributed by atoms with E-state index in [0.29, 0.717) is 5.76 Å². The lowest BCUT2D eigenvalue weighted by Gasteiger charge is -2.21. The van der Waals surface area contributed by atoms with Crippen LogP contribution in [0.1, 0.15) is 21.9 Å². The number of rotatable bonds is 4. The zero-order valence-corrected chi connectivity index (χ0v) is 10.2. The van der Waals surface area contributed by atoms with E-state index in [1.54, 1.807) is 0 Å².